The quantitative estimate of drug-likeness (QED) is 0.197. The molecule has 7 N–H and O–H groups in total. The predicted octanol–water partition coefficient (Wildman–Crippen LogP) is 2.23. The minimum Gasteiger partial charge on any atom is -0.370 e. The zero-order valence-corrected chi connectivity index (χ0v) is 20.7. The maximum absolute atomic E-state index is 12.9. The van der Waals surface area contributed by atoms with Crippen LogP contribution in [0, 0.1) is 0 Å². The molecule has 0 saturated carbocycles. The van der Waals surface area contributed by atoms with Crippen molar-refractivity contribution in [2.45, 2.75) is 32.7 Å². The number of aryl methyl sites for hydroxylation is 2. The van der Waals surface area contributed by atoms with Gasteiger partial charge in [0, 0.05) is 26.4 Å². The van der Waals surface area contributed by atoms with Crippen molar-refractivity contribution in [2.24, 2.45) is 16.5 Å². The second kappa shape index (κ2) is 13.0. The number of aliphatic imine (C=N–C) groups is 1. The number of nitrogens with one attached hydrogen (secondary N) is 3. The molecule has 0 aliphatic heterocycles. The number of rotatable bonds is 11. The van der Waals surface area contributed by atoms with Gasteiger partial charge in [-0.05, 0) is 36.1 Å². The van der Waals surface area contributed by atoms with Gasteiger partial charge in [-0.1, -0.05) is 53.8 Å². The summed E-state index contributed by atoms with van der Waals surface area (Å²) in [4.78, 5) is 45.3. The van der Waals surface area contributed by atoms with E-state index in [2.05, 4.69) is 25.9 Å². The Bertz CT molecular complexity index is 1220. The molecule has 0 spiro atoms. The third-order valence-electron chi connectivity index (χ3n) is 5.00. The van der Waals surface area contributed by atoms with Gasteiger partial charge in [-0.3, -0.25) is 14.4 Å². The molecule has 2 aromatic carbocycles. The summed E-state index contributed by atoms with van der Waals surface area (Å²) in [5.74, 6) is -0.780. The van der Waals surface area contributed by atoms with Crippen molar-refractivity contribution in [3.63, 3.8) is 0 Å². The van der Waals surface area contributed by atoms with Gasteiger partial charge in [0.25, 0.3) is 5.91 Å². The van der Waals surface area contributed by atoms with Crippen molar-refractivity contribution in [1.29, 1.82) is 0 Å². The van der Waals surface area contributed by atoms with Crippen molar-refractivity contribution >= 4 is 45.8 Å². The van der Waals surface area contributed by atoms with E-state index in [1.165, 1.54) is 6.92 Å². The number of carbonyl (C=O) groups is 3. The Kier molecular flexibility index (Phi) is 9.52. The number of nitrogens with zero attached hydrogens (tertiary/aromatic N) is 2. The van der Waals surface area contributed by atoms with Crippen LogP contribution in [0.5, 0.6) is 0 Å². The number of aromatic nitrogens is 1. The summed E-state index contributed by atoms with van der Waals surface area (Å²) in [5, 5.41) is 8.60. The number of hydrogen-bond acceptors (Lipinski definition) is 6. The van der Waals surface area contributed by atoms with E-state index >= 15 is 0 Å². The van der Waals surface area contributed by atoms with Crippen LogP contribution in [0.15, 0.2) is 59.6 Å². The number of thiazole rings is 1. The molecular weight excluding hydrogens is 478 g/mol. The highest BCUT2D eigenvalue weighted by Crippen LogP contribution is 2.25. The summed E-state index contributed by atoms with van der Waals surface area (Å²) in [6.07, 6.45) is 1.25. The fourth-order valence-electron chi connectivity index (χ4n) is 3.31. The first-order chi connectivity index (χ1) is 17.3. The molecule has 188 valence electrons. The van der Waals surface area contributed by atoms with Crippen molar-refractivity contribution in [3.05, 3.63) is 76.3 Å². The van der Waals surface area contributed by atoms with Crippen molar-refractivity contribution in [3.8, 4) is 0 Å². The van der Waals surface area contributed by atoms with Crippen LogP contribution in [-0.2, 0) is 29.0 Å². The molecule has 0 saturated heterocycles. The number of benzene rings is 2. The van der Waals surface area contributed by atoms with Crippen LogP contribution in [0.1, 0.15) is 39.8 Å². The Morgan fingerprint density at radius 2 is 1.67 bits per heavy atom. The largest absolute Gasteiger partial charge is 0.370 e. The predicted molar refractivity (Wildman–Crippen MR) is 141 cm³/mol. The van der Waals surface area contributed by atoms with Crippen LogP contribution in [0.4, 0.5) is 10.8 Å². The lowest BCUT2D eigenvalue weighted by Crippen LogP contribution is -2.30. The first-order valence-corrected chi connectivity index (χ1v) is 12.2. The number of hydrogen-bond donors (Lipinski definition) is 5. The van der Waals surface area contributed by atoms with Gasteiger partial charge >= 0.3 is 0 Å². The van der Waals surface area contributed by atoms with Crippen LogP contribution in [0.3, 0.4) is 0 Å². The maximum atomic E-state index is 12.9. The van der Waals surface area contributed by atoms with Crippen LogP contribution in [-0.4, -0.2) is 35.2 Å². The summed E-state index contributed by atoms with van der Waals surface area (Å²) >= 11 is 1.11. The van der Waals surface area contributed by atoms with Crippen molar-refractivity contribution in [1.82, 2.24) is 15.6 Å². The van der Waals surface area contributed by atoms with Gasteiger partial charge in [-0.25, -0.2) is 9.98 Å². The minimum absolute atomic E-state index is 0.0138. The average Bonchev–Trinajstić information content (AvgIpc) is 3.24. The van der Waals surface area contributed by atoms with E-state index in [1.807, 2.05) is 42.5 Å². The molecule has 1 aromatic heterocycles. The summed E-state index contributed by atoms with van der Waals surface area (Å²) in [5.41, 5.74) is 14.0. The second-order valence-electron chi connectivity index (χ2n) is 7.95. The lowest BCUT2D eigenvalue weighted by molar-refractivity contribution is -0.121. The first-order valence-electron chi connectivity index (χ1n) is 11.3. The summed E-state index contributed by atoms with van der Waals surface area (Å²) < 4.78 is 0. The van der Waals surface area contributed by atoms with Gasteiger partial charge in [0.05, 0.1) is 11.4 Å². The monoisotopic (exact) mass is 507 g/mol. The molecule has 0 aliphatic carbocycles. The zero-order chi connectivity index (χ0) is 25.9. The third kappa shape index (κ3) is 8.51. The molecule has 36 heavy (non-hydrogen) atoms. The van der Waals surface area contributed by atoms with Crippen LogP contribution in [0.25, 0.3) is 0 Å². The van der Waals surface area contributed by atoms with Gasteiger partial charge in [-0.15, -0.1) is 0 Å². The minimum atomic E-state index is -0.335. The Labute approximate surface area is 213 Å². The molecule has 1 heterocycles. The highest BCUT2D eigenvalue weighted by molar-refractivity contribution is 7.17. The lowest BCUT2D eigenvalue weighted by Gasteiger charge is -2.07. The lowest BCUT2D eigenvalue weighted by atomic mass is 10.1. The standard InChI is InChI=1S/C25H29N7O3S/c1-16(33)30-25-32-20(12-9-17-7-10-19(11-8-17)31-24(26)27)22(36-25)23(35)28-14-13-21(34)29-15-18-5-3-2-4-6-18/h2-8,10-11H,9,12-15H2,1H3,(H,28,35)(H,29,34)(H4,26,27,31)(H,30,32,33). The normalized spacial score (nSPS) is 10.4. The summed E-state index contributed by atoms with van der Waals surface area (Å²) in [6, 6.07) is 17.0. The fraction of sp³-hybridized carbons (Fsp3) is 0.240. The zero-order valence-electron chi connectivity index (χ0n) is 19.9. The molecule has 10 nitrogen and oxygen atoms in total. The number of guanidine groups is 1. The molecular formula is C25H29N7O3S. The highest BCUT2D eigenvalue weighted by Gasteiger charge is 2.19. The molecule has 0 bridgehead atoms. The van der Waals surface area contributed by atoms with Gasteiger partial charge in [-0.2, -0.15) is 0 Å². The van der Waals surface area contributed by atoms with E-state index in [1.54, 1.807) is 12.1 Å². The molecule has 0 radical (unpaired) electrons. The van der Waals surface area contributed by atoms with E-state index in [-0.39, 0.29) is 36.6 Å². The molecule has 0 unspecified atom stereocenters. The Morgan fingerprint density at radius 1 is 0.944 bits per heavy atom. The van der Waals surface area contributed by atoms with Gasteiger partial charge in [0.2, 0.25) is 11.8 Å². The number of amides is 3. The summed E-state index contributed by atoms with van der Waals surface area (Å²) in [6.45, 7) is 1.99. The maximum Gasteiger partial charge on any atom is 0.263 e. The Balaban J connectivity index is 1.57. The van der Waals surface area contributed by atoms with Gasteiger partial charge in [0.15, 0.2) is 11.1 Å². The molecule has 11 heteroatoms. The molecule has 0 aliphatic rings. The Hall–Kier alpha value is -4.25. The van der Waals surface area contributed by atoms with Gasteiger partial charge in [0.1, 0.15) is 4.88 Å². The number of anilines is 1. The molecule has 3 rings (SSSR count). The third-order valence-corrected chi connectivity index (χ3v) is 6.01. The van der Waals surface area contributed by atoms with Gasteiger partial charge < -0.3 is 27.4 Å². The molecule has 0 atom stereocenters. The van der Waals surface area contributed by atoms with E-state index in [9.17, 15) is 14.4 Å². The van der Waals surface area contributed by atoms with Crippen LogP contribution < -0.4 is 27.4 Å². The first kappa shape index (κ1) is 26.4. The number of carbonyl (C=O) groups excluding carboxylic acids is 3. The average molecular weight is 508 g/mol. The van der Waals surface area contributed by atoms with Crippen LogP contribution in [0.2, 0.25) is 0 Å². The van der Waals surface area contributed by atoms with Crippen molar-refractivity contribution < 1.29 is 14.4 Å². The van der Waals surface area contributed by atoms with Crippen LogP contribution >= 0.6 is 11.3 Å². The number of nitrogens with two attached hydrogens (primary N) is 2. The topological polar surface area (TPSA) is 165 Å². The molecule has 3 amide bonds. The fourth-order valence-corrected chi connectivity index (χ4v) is 4.28. The van der Waals surface area contributed by atoms with E-state index in [4.69, 9.17) is 11.5 Å². The second-order valence-corrected chi connectivity index (χ2v) is 8.95. The van der Waals surface area contributed by atoms with E-state index < -0.39 is 0 Å². The molecule has 0 fully saturated rings. The molecule has 3 aromatic rings. The summed E-state index contributed by atoms with van der Waals surface area (Å²) in [7, 11) is 0. The highest BCUT2D eigenvalue weighted by atomic mass is 32.1. The smallest absolute Gasteiger partial charge is 0.263 e. The Morgan fingerprint density at radius 3 is 2.33 bits per heavy atom. The van der Waals surface area contributed by atoms with Crippen molar-refractivity contribution in [2.75, 3.05) is 11.9 Å². The SMILES string of the molecule is CC(=O)Nc1nc(CCc2ccc(N=C(N)N)cc2)c(C(=O)NCCC(=O)NCc2ccccc2)s1. The van der Waals surface area contributed by atoms with E-state index in [0.717, 1.165) is 22.5 Å². The van der Waals surface area contributed by atoms with E-state index in [0.29, 0.717) is 40.8 Å².